The van der Waals surface area contributed by atoms with Crippen LogP contribution in [0.1, 0.15) is 37.4 Å². The first kappa shape index (κ1) is 16.3. The molecule has 24 heavy (non-hydrogen) atoms. The summed E-state index contributed by atoms with van der Waals surface area (Å²) in [6.45, 7) is 0. The van der Waals surface area contributed by atoms with Crippen LogP contribution >= 0.6 is 15.9 Å². The number of fused-ring (bicyclic) bond motifs is 2. The molecule has 3 aromatic carbocycles. The summed E-state index contributed by atoms with van der Waals surface area (Å²) in [5, 5.41) is 0.952. The van der Waals surface area contributed by atoms with Gasteiger partial charge in [0.25, 0.3) is 0 Å². The van der Waals surface area contributed by atoms with Crippen LogP contribution in [0.5, 0.6) is 0 Å². The third-order valence-corrected chi connectivity index (χ3v) is 4.48. The molecule has 0 spiro atoms. The van der Waals surface area contributed by atoms with Gasteiger partial charge >= 0.3 is 0 Å². The van der Waals surface area contributed by atoms with Crippen molar-refractivity contribution < 1.29 is 9.59 Å². The average molecular weight is 379 g/mol. The number of rotatable bonds is 1. The van der Waals surface area contributed by atoms with E-state index >= 15 is 0 Å². The van der Waals surface area contributed by atoms with E-state index < -0.39 is 0 Å². The van der Waals surface area contributed by atoms with Crippen LogP contribution in [0.2, 0.25) is 0 Å². The Morgan fingerprint density at radius 2 is 0.875 bits per heavy atom. The first-order valence-electron chi connectivity index (χ1n) is 7.59. The lowest BCUT2D eigenvalue weighted by molar-refractivity contribution is 0.0979. The second-order valence-electron chi connectivity index (χ2n) is 5.37. The Bertz CT molecular complexity index is 780. The Kier molecular flexibility index (Phi) is 5.02. The molecule has 0 fully saturated rings. The molecule has 118 valence electrons. The highest BCUT2D eigenvalue weighted by atomic mass is 79.9. The fourth-order valence-electron chi connectivity index (χ4n) is 2.62. The Hall–Kier alpha value is -2.52. The average Bonchev–Trinajstić information content (AvgIpc) is 2.67. The fraction of sp³-hybridized carbons (Fsp3) is 0.0476. The van der Waals surface area contributed by atoms with Gasteiger partial charge in [-0.05, 0) is 5.56 Å². The fourth-order valence-corrected chi connectivity index (χ4v) is 2.99. The first-order chi connectivity index (χ1) is 11.7. The quantitative estimate of drug-likeness (QED) is 0.434. The van der Waals surface area contributed by atoms with Crippen molar-refractivity contribution in [2.24, 2.45) is 0 Å². The second kappa shape index (κ2) is 7.37. The molecule has 0 unspecified atom stereocenters. The number of hydrogen-bond acceptors (Lipinski definition) is 2. The van der Waals surface area contributed by atoms with Gasteiger partial charge in [-0.1, -0.05) is 94.8 Å². The van der Waals surface area contributed by atoms with Gasteiger partial charge in [0.2, 0.25) is 0 Å². The van der Waals surface area contributed by atoms with E-state index in [9.17, 15) is 9.59 Å². The highest BCUT2D eigenvalue weighted by molar-refractivity contribution is 9.08. The van der Waals surface area contributed by atoms with Crippen LogP contribution in [-0.4, -0.2) is 11.6 Å². The molecule has 3 aromatic rings. The Balaban J connectivity index is 0.000000179. The molecule has 0 amide bonds. The minimum absolute atomic E-state index is 0.0641. The predicted molar refractivity (Wildman–Crippen MR) is 98.8 cm³/mol. The topological polar surface area (TPSA) is 34.1 Å². The monoisotopic (exact) mass is 378 g/mol. The number of hydrogen-bond donors (Lipinski definition) is 0. The van der Waals surface area contributed by atoms with Gasteiger partial charge in [0.15, 0.2) is 11.6 Å². The van der Waals surface area contributed by atoms with Gasteiger partial charge < -0.3 is 0 Å². The van der Waals surface area contributed by atoms with Crippen LogP contribution in [0.25, 0.3) is 0 Å². The van der Waals surface area contributed by atoms with Crippen molar-refractivity contribution in [3.05, 3.63) is 107 Å². The lowest BCUT2D eigenvalue weighted by atomic mass is 9.84. The van der Waals surface area contributed by atoms with E-state index in [-0.39, 0.29) is 11.6 Å². The van der Waals surface area contributed by atoms with Gasteiger partial charge in [-0.15, -0.1) is 0 Å². The molecular formula is C21H15BrO2. The third-order valence-electron chi connectivity index (χ3n) is 3.83. The van der Waals surface area contributed by atoms with E-state index in [0.29, 0.717) is 22.3 Å². The van der Waals surface area contributed by atoms with Crippen molar-refractivity contribution in [3.8, 4) is 0 Å². The summed E-state index contributed by atoms with van der Waals surface area (Å²) >= 11 is 3.36. The molecule has 0 heterocycles. The normalized spacial score (nSPS) is 11.9. The van der Waals surface area contributed by atoms with Gasteiger partial charge in [0.05, 0.1) is 0 Å². The Morgan fingerprint density at radius 3 is 1.17 bits per heavy atom. The lowest BCUT2D eigenvalue weighted by Gasteiger charge is -2.16. The van der Waals surface area contributed by atoms with Gasteiger partial charge in [-0.25, -0.2) is 0 Å². The van der Waals surface area contributed by atoms with Crippen LogP contribution in [0.4, 0.5) is 0 Å². The molecule has 1 aliphatic carbocycles. The minimum Gasteiger partial charge on any atom is -0.289 e. The zero-order valence-corrected chi connectivity index (χ0v) is 14.5. The number of benzene rings is 3. The maximum atomic E-state index is 12.1. The summed E-state index contributed by atoms with van der Waals surface area (Å²) in [4.78, 5) is 24.2. The molecule has 0 N–H and O–H groups in total. The highest BCUT2D eigenvalue weighted by Crippen LogP contribution is 2.26. The highest BCUT2D eigenvalue weighted by Gasteiger charge is 2.28. The summed E-state index contributed by atoms with van der Waals surface area (Å²) in [5.41, 5.74) is 3.35. The molecule has 0 saturated heterocycles. The molecule has 0 radical (unpaired) electrons. The summed E-state index contributed by atoms with van der Waals surface area (Å²) < 4.78 is 0. The summed E-state index contributed by atoms with van der Waals surface area (Å²) in [7, 11) is 0. The van der Waals surface area contributed by atoms with Gasteiger partial charge in [0, 0.05) is 27.6 Å². The lowest BCUT2D eigenvalue weighted by Crippen LogP contribution is -2.20. The molecule has 1 aliphatic rings. The maximum Gasteiger partial charge on any atom is 0.194 e. The van der Waals surface area contributed by atoms with Crippen molar-refractivity contribution in [2.45, 2.75) is 5.33 Å². The SMILES string of the molecule is BrCc1ccccc1.O=C1c2ccccc2C(=O)c2ccccc21. The van der Waals surface area contributed by atoms with Crippen molar-refractivity contribution >= 4 is 27.5 Å². The van der Waals surface area contributed by atoms with E-state index in [1.807, 2.05) is 18.2 Å². The number of alkyl halides is 1. The summed E-state index contributed by atoms with van der Waals surface area (Å²) in [5.74, 6) is -0.128. The van der Waals surface area contributed by atoms with Crippen LogP contribution in [-0.2, 0) is 5.33 Å². The molecule has 0 aliphatic heterocycles. The second-order valence-corrected chi connectivity index (χ2v) is 5.93. The number of carbonyl (C=O) groups is 2. The molecule has 2 nitrogen and oxygen atoms in total. The molecule has 4 rings (SSSR count). The van der Waals surface area contributed by atoms with E-state index in [0.717, 1.165) is 5.33 Å². The van der Waals surface area contributed by atoms with Crippen LogP contribution < -0.4 is 0 Å². The minimum atomic E-state index is -0.0641. The molecule has 0 aromatic heterocycles. The van der Waals surface area contributed by atoms with Crippen LogP contribution in [0.3, 0.4) is 0 Å². The molecule has 0 saturated carbocycles. The van der Waals surface area contributed by atoms with Crippen molar-refractivity contribution in [1.82, 2.24) is 0 Å². The number of halogens is 1. The van der Waals surface area contributed by atoms with E-state index in [1.165, 1.54) is 5.56 Å². The van der Waals surface area contributed by atoms with Crippen LogP contribution in [0, 0.1) is 0 Å². The predicted octanol–water partition coefficient (Wildman–Crippen LogP) is 5.04. The van der Waals surface area contributed by atoms with Crippen molar-refractivity contribution in [2.75, 3.05) is 0 Å². The molecule has 3 heteroatoms. The van der Waals surface area contributed by atoms with Crippen LogP contribution in [0.15, 0.2) is 78.9 Å². The standard InChI is InChI=1S/C14H8O2.C7H7Br/c15-13-9-5-1-2-6-10(9)14(16)12-8-4-3-7-11(12)13;8-6-7-4-2-1-3-5-7/h1-8H;1-5H,6H2. The van der Waals surface area contributed by atoms with Gasteiger partial charge in [-0.3, -0.25) is 9.59 Å². The van der Waals surface area contributed by atoms with Crippen molar-refractivity contribution in [3.63, 3.8) is 0 Å². The van der Waals surface area contributed by atoms with E-state index in [2.05, 4.69) is 28.1 Å². The summed E-state index contributed by atoms with van der Waals surface area (Å²) in [6, 6.07) is 24.2. The Labute approximate surface area is 149 Å². The van der Waals surface area contributed by atoms with Gasteiger partial charge in [0.1, 0.15) is 0 Å². The zero-order chi connectivity index (χ0) is 16.9. The van der Waals surface area contributed by atoms with E-state index in [4.69, 9.17) is 0 Å². The zero-order valence-electron chi connectivity index (χ0n) is 12.9. The van der Waals surface area contributed by atoms with E-state index in [1.54, 1.807) is 48.5 Å². The van der Waals surface area contributed by atoms with Gasteiger partial charge in [-0.2, -0.15) is 0 Å². The summed E-state index contributed by atoms with van der Waals surface area (Å²) in [6.07, 6.45) is 0. The number of carbonyl (C=O) groups excluding carboxylic acids is 2. The Morgan fingerprint density at radius 1 is 0.542 bits per heavy atom. The largest absolute Gasteiger partial charge is 0.289 e. The third kappa shape index (κ3) is 3.22. The number of ketones is 2. The first-order valence-corrected chi connectivity index (χ1v) is 8.72. The maximum absolute atomic E-state index is 12.1. The van der Waals surface area contributed by atoms with Crippen molar-refractivity contribution in [1.29, 1.82) is 0 Å². The molecule has 0 atom stereocenters. The molecule has 0 bridgehead atoms. The molecular weight excluding hydrogens is 364 g/mol. The smallest absolute Gasteiger partial charge is 0.194 e.